The van der Waals surface area contributed by atoms with Crippen molar-refractivity contribution in [3.63, 3.8) is 0 Å². The molecule has 1 unspecified atom stereocenters. The van der Waals surface area contributed by atoms with Gasteiger partial charge in [0.15, 0.2) is 0 Å². The van der Waals surface area contributed by atoms with Crippen LogP contribution in [0.5, 0.6) is 0 Å². The molecule has 1 atom stereocenters. The van der Waals surface area contributed by atoms with Crippen molar-refractivity contribution in [1.82, 2.24) is 0 Å². The van der Waals surface area contributed by atoms with E-state index in [9.17, 15) is 0 Å². The van der Waals surface area contributed by atoms with Crippen LogP contribution in [0, 0.1) is 0 Å². The summed E-state index contributed by atoms with van der Waals surface area (Å²) in [4.78, 5) is 0. The van der Waals surface area contributed by atoms with Crippen LogP contribution in [0.2, 0.25) is 12.1 Å². The third-order valence-electron chi connectivity index (χ3n) is 6.25. The highest BCUT2D eigenvalue weighted by atomic mass is 28.3. The van der Waals surface area contributed by atoms with Gasteiger partial charge in [0.05, 0.1) is 0 Å². The maximum absolute atomic E-state index is 2.69. The lowest BCUT2D eigenvalue weighted by Gasteiger charge is -2.41. The summed E-state index contributed by atoms with van der Waals surface area (Å²) >= 11 is 0. The summed E-state index contributed by atoms with van der Waals surface area (Å²) < 4.78 is 0. The van der Waals surface area contributed by atoms with Crippen LogP contribution in [0.4, 0.5) is 0 Å². The zero-order valence-electron chi connectivity index (χ0n) is 15.0. The van der Waals surface area contributed by atoms with Gasteiger partial charge in [0.25, 0.3) is 0 Å². The van der Waals surface area contributed by atoms with Crippen molar-refractivity contribution in [2.45, 2.75) is 76.8 Å². The maximum atomic E-state index is 2.69. The van der Waals surface area contributed by atoms with E-state index in [0.29, 0.717) is 0 Å². The number of benzene rings is 1. The highest BCUT2D eigenvalue weighted by Crippen LogP contribution is 2.44. The van der Waals surface area contributed by atoms with Crippen molar-refractivity contribution in [3.05, 3.63) is 53.3 Å². The number of hydrogen-bond donors (Lipinski definition) is 0. The molecule has 1 saturated carbocycles. The van der Waals surface area contributed by atoms with E-state index in [4.69, 9.17) is 0 Å². The van der Waals surface area contributed by atoms with Gasteiger partial charge in [0.1, 0.15) is 8.07 Å². The van der Waals surface area contributed by atoms with Crippen LogP contribution in [0.15, 0.2) is 53.3 Å². The van der Waals surface area contributed by atoms with Gasteiger partial charge in [-0.1, -0.05) is 110 Å². The SMILES string of the molecule is CCCCC1=C([Si](C)(c2ccccc2)C2CCCCC2)CC=C1. The molecule has 0 aromatic heterocycles. The summed E-state index contributed by atoms with van der Waals surface area (Å²) in [6.45, 7) is 5.00. The Morgan fingerprint density at radius 1 is 1.04 bits per heavy atom. The van der Waals surface area contributed by atoms with Gasteiger partial charge in [0.2, 0.25) is 0 Å². The highest BCUT2D eigenvalue weighted by Gasteiger charge is 2.43. The van der Waals surface area contributed by atoms with E-state index in [-0.39, 0.29) is 0 Å². The summed E-state index contributed by atoms with van der Waals surface area (Å²) in [5.74, 6) is 0. The Balaban J connectivity index is 2.01. The molecule has 1 fully saturated rings. The third kappa shape index (κ3) is 3.40. The molecular weight excluding hydrogens is 292 g/mol. The predicted molar refractivity (Wildman–Crippen MR) is 105 cm³/mol. The molecule has 2 aliphatic carbocycles. The lowest BCUT2D eigenvalue weighted by Crippen LogP contribution is -2.52. The smallest absolute Gasteiger partial charge is 0.0806 e. The quantitative estimate of drug-likeness (QED) is 0.539. The Hall–Kier alpha value is -1.08. The first kappa shape index (κ1) is 16.8. The van der Waals surface area contributed by atoms with Crippen molar-refractivity contribution in [1.29, 1.82) is 0 Å². The third-order valence-corrected chi connectivity index (χ3v) is 11.8. The first-order valence-corrected chi connectivity index (χ1v) is 12.3. The fourth-order valence-corrected chi connectivity index (χ4v) is 10.00. The zero-order chi connectivity index (χ0) is 16.1. The monoisotopic (exact) mass is 324 g/mol. The summed E-state index contributed by atoms with van der Waals surface area (Å²) in [5, 5.41) is 3.55. The molecule has 3 rings (SSSR count). The van der Waals surface area contributed by atoms with E-state index in [1.807, 2.05) is 5.20 Å². The molecule has 1 heteroatoms. The van der Waals surface area contributed by atoms with Crippen LogP contribution in [0.3, 0.4) is 0 Å². The van der Waals surface area contributed by atoms with Crippen LogP contribution >= 0.6 is 0 Å². The molecule has 0 nitrogen and oxygen atoms in total. The van der Waals surface area contributed by atoms with Crippen molar-refractivity contribution in [2.24, 2.45) is 0 Å². The Morgan fingerprint density at radius 3 is 2.48 bits per heavy atom. The lowest BCUT2D eigenvalue weighted by atomic mass is 10.0. The van der Waals surface area contributed by atoms with Gasteiger partial charge in [-0.25, -0.2) is 0 Å². The van der Waals surface area contributed by atoms with Gasteiger partial charge < -0.3 is 0 Å². The van der Waals surface area contributed by atoms with Crippen molar-refractivity contribution in [2.75, 3.05) is 0 Å². The maximum Gasteiger partial charge on any atom is 0.114 e. The number of allylic oxidation sites excluding steroid dienone is 4. The number of unbranched alkanes of at least 4 members (excludes halogenated alkanes) is 1. The highest BCUT2D eigenvalue weighted by molar-refractivity contribution is 6.98. The summed E-state index contributed by atoms with van der Waals surface area (Å²) in [7, 11) is -1.59. The van der Waals surface area contributed by atoms with E-state index in [1.54, 1.807) is 10.8 Å². The van der Waals surface area contributed by atoms with Gasteiger partial charge in [-0.05, 0) is 24.8 Å². The van der Waals surface area contributed by atoms with E-state index in [0.717, 1.165) is 5.54 Å². The van der Waals surface area contributed by atoms with Crippen LogP contribution in [-0.2, 0) is 0 Å². The summed E-state index contributed by atoms with van der Waals surface area (Å²) in [5.41, 5.74) is 2.65. The van der Waals surface area contributed by atoms with Crippen molar-refractivity contribution < 1.29 is 0 Å². The standard InChI is InChI=1S/C22H32Si/c1-3-4-12-19-13-11-18-22(19)23(2,20-14-7-5-8-15-20)21-16-9-6-10-17-21/h5,7-8,11,13-15,21H,3-4,6,9-10,12,16-18H2,1-2H3. The van der Waals surface area contributed by atoms with Gasteiger partial charge in [-0.3, -0.25) is 0 Å². The van der Waals surface area contributed by atoms with Gasteiger partial charge in [-0.2, -0.15) is 0 Å². The molecule has 1 aromatic carbocycles. The molecular formula is C22H32Si. The average molecular weight is 325 g/mol. The Morgan fingerprint density at radius 2 is 1.78 bits per heavy atom. The molecule has 0 radical (unpaired) electrons. The van der Waals surface area contributed by atoms with Gasteiger partial charge in [-0.15, -0.1) is 0 Å². The van der Waals surface area contributed by atoms with E-state index in [2.05, 4.69) is 56.0 Å². The molecule has 0 spiro atoms. The van der Waals surface area contributed by atoms with Crippen LogP contribution < -0.4 is 5.19 Å². The van der Waals surface area contributed by atoms with Crippen molar-refractivity contribution >= 4 is 13.3 Å². The Bertz CT molecular complexity index is 563. The second-order valence-corrected chi connectivity index (χ2v) is 12.0. The minimum atomic E-state index is -1.59. The normalized spacial score (nSPS) is 21.7. The minimum absolute atomic E-state index is 0.949. The van der Waals surface area contributed by atoms with E-state index >= 15 is 0 Å². The summed E-state index contributed by atoms with van der Waals surface area (Å²) in [6.07, 6.45) is 17.3. The molecule has 23 heavy (non-hydrogen) atoms. The molecule has 124 valence electrons. The molecule has 0 heterocycles. The van der Waals surface area contributed by atoms with Crippen LogP contribution in [-0.4, -0.2) is 8.07 Å². The first-order chi connectivity index (χ1) is 11.3. The van der Waals surface area contributed by atoms with Gasteiger partial charge in [0, 0.05) is 0 Å². The van der Waals surface area contributed by atoms with Crippen molar-refractivity contribution in [3.8, 4) is 0 Å². The van der Waals surface area contributed by atoms with Gasteiger partial charge >= 0.3 is 0 Å². The number of rotatable bonds is 6. The molecule has 0 amide bonds. The lowest BCUT2D eigenvalue weighted by molar-refractivity contribution is 0.494. The fourth-order valence-electron chi connectivity index (χ4n) is 4.82. The topological polar surface area (TPSA) is 0 Å². The largest absolute Gasteiger partial charge is 0.114 e. The Labute approximate surface area is 143 Å². The second-order valence-electron chi connectivity index (χ2n) is 7.62. The van der Waals surface area contributed by atoms with E-state index in [1.165, 1.54) is 57.8 Å². The minimum Gasteiger partial charge on any atom is -0.0806 e. The molecule has 0 aliphatic heterocycles. The fraction of sp³-hybridized carbons (Fsp3) is 0.545. The Kier molecular flexibility index (Phi) is 5.58. The van der Waals surface area contributed by atoms with Crippen LogP contribution in [0.1, 0.15) is 64.7 Å². The summed E-state index contributed by atoms with van der Waals surface area (Å²) in [6, 6.07) is 11.6. The molecule has 1 aromatic rings. The first-order valence-electron chi connectivity index (χ1n) is 9.71. The molecule has 0 saturated heterocycles. The van der Waals surface area contributed by atoms with Crippen LogP contribution in [0.25, 0.3) is 0 Å². The average Bonchev–Trinajstić information content (AvgIpc) is 3.10. The number of hydrogen-bond acceptors (Lipinski definition) is 0. The zero-order valence-corrected chi connectivity index (χ0v) is 16.0. The molecule has 0 N–H and O–H groups in total. The molecule has 0 bridgehead atoms. The molecule has 2 aliphatic rings. The predicted octanol–water partition coefficient (Wildman–Crippen LogP) is 6.29. The van der Waals surface area contributed by atoms with E-state index < -0.39 is 8.07 Å². The second kappa shape index (κ2) is 7.66.